The van der Waals surface area contributed by atoms with E-state index in [1.54, 1.807) is 11.3 Å². The number of rotatable bonds is 2. The lowest BCUT2D eigenvalue weighted by molar-refractivity contribution is 0.686. The first-order chi connectivity index (χ1) is 8.20. The van der Waals surface area contributed by atoms with Crippen LogP contribution in [0.2, 0.25) is 5.02 Å². The Morgan fingerprint density at radius 2 is 2.41 bits per heavy atom. The maximum absolute atomic E-state index is 5.97. The lowest BCUT2D eigenvalue weighted by Crippen LogP contribution is -2.00. The van der Waals surface area contributed by atoms with Crippen molar-refractivity contribution in [1.29, 1.82) is 0 Å². The highest BCUT2D eigenvalue weighted by molar-refractivity contribution is 7.10. The standard InChI is InChI=1S/C12H12ClN3S/c1-9-11(13)7-16(15-9)8-12-10(3-2-5-14)4-6-17-12/h4,6-7H,5,8,14H2,1H3. The third-order valence-corrected chi connectivity index (χ3v) is 3.54. The zero-order valence-corrected chi connectivity index (χ0v) is 11.0. The van der Waals surface area contributed by atoms with Gasteiger partial charge in [0.1, 0.15) is 0 Å². The van der Waals surface area contributed by atoms with Crippen LogP contribution in [0.3, 0.4) is 0 Å². The van der Waals surface area contributed by atoms with E-state index in [0.29, 0.717) is 18.1 Å². The molecule has 0 spiro atoms. The van der Waals surface area contributed by atoms with E-state index in [1.807, 2.05) is 29.2 Å². The van der Waals surface area contributed by atoms with Crippen molar-refractivity contribution < 1.29 is 0 Å². The molecule has 3 nitrogen and oxygen atoms in total. The third-order valence-electron chi connectivity index (χ3n) is 2.26. The van der Waals surface area contributed by atoms with E-state index in [0.717, 1.165) is 11.3 Å². The highest BCUT2D eigenvalue weighted by Gasteiger charge is 2.06. The molecule has 0 atom stereocenters. The molecule has 0 aliphatic heterocycles. The molecule has 0 bridgehead atoms. The second-order valence-electron chi connectivity index (χ2n) is 3.52. The number of thiophene rings is 1. The third kappa shape index (κ3) is 2.89. The van der Waals surface area contributed by atoms with Crippen molar-refractivity contribution in [3.05, 3.63) is 38.8 Å². The summed E-state index contributed by atoms with van der Waals surface area (Å²) in [5, 5.41) is 7.04. The first kappa shape index (κ1) is 12.2. The Morgan fingerprint density at radius 3 is 3.06 bits per heavy atom. The molecule has 5 heteroatoms. The normalized spacial score (nSPS) is 10.1. The molecule has 0 fully saturated rings. The Labute approximate surface area is 109 Å². The van der Waals surface area contributed by atoms with E-state index in [1.165, 1.54) is 4.88 Å². The first-order valence-corrected chi connectivity index (χ1v) is 6.41. The predicted molar refractivity (Wildman–Crippen MR) is 71.3 cm³/mol. The van der Waals surface area contributed by atoms with Crippen LogP contribution in [-0.2, 0) is 6.54 Å². The maximum atomic E-state index is 5.97. The summed E-state index contributed by atoms with van der Waals surface area (Å²) in [6.07, 6.45) is 1.83. The lowest BCUT2D eigenvalue weighted by atomic mass is 10.2. The number of hydrogen-bond donors (Lipinski definition) is 1. The number of hydrogen-bond acceptors (Lipinski definition) is 3. The molecule has 2 aromatic heterocycles. The Morgan fingerprint density at radius 1 is 1.59 bits per heavy atom. The average molecular weight is 266 g/mol. The molecule has 0 aliphatic carbocycles. The molecule has 0 unspecified atom stereocenters. The summed E-state index contributed by atoms with van der Waals surface area (Å²) in [7, 11) is 0. The number of aryl methyl sites for hydroxylation is 1. The van der Waals surface area contributed by atoms with Gasteiger partial charge in [0, 0.05) is 16.6 Å². The first-order valence-electron chi connectivity index (χ1n) is 5.15. The molecule has 17 heavy (non-hydrogen) atoms. The SMILES string of the molecule is Cc1nn(Cc2sccc2C#CCN)cc1Cl. The summed E-state index contributed by atoms with van der Waals surface area (Å²) in [4.78, 5) is 1.17. The van der Waals surface area contributed by atoms with Gasteiger partial charge in [-0.3, -0.25) is 4.68 Å². The van der Waals surface area contributed by atoms with Crippen molar-refractivity contribution in [3.8, 4) is 11.8 Å². The van der Waals surface area contributed by atoms with Crippen LogP contribution in [0.5, 0.6) is 0 Å². The van der Waals surface area contributed by atoms with Gasteiger partial charge in [0.25, 0.3) is 0 Å². The molecule has 0 aromatic carbocycles. The molecule has 2 heterocycles. The average Bonchev–Trinajstić information content (AvgIpc) is 2.85. The van der Waals surface area contributed by atoms with Gasteiger partial charge in [0.15, 0.2) is 0 Å². The van der Waals surface area contributed by atoms with E-state index >= 15 is 0 Å². The molecule has 0 aliphatic rings. The van der Waals surface area contributed by atoms with Crippen LogP contribution in [0, 0.1) is 18.8 Å². The largest absolute Gasteiger partial charge is 0.320 e. The van der Waals surface area contributed by atoms with Gasteiger partial charge >= 0.3 is 0 Å². The molecule has 0 saturated carbocycles. The summed E-state index contributed by atoms with van der Waals surface area (Å²) in [5.74, 6) is 5.92. The van der Waals surface area contributed by atoms with Crippen molar-refractivity contribution in [3.63, 3.8) is 0 Å². The van der Waals surface area contributed by atoms with Crippen LogP contribution in [0.1, 0.15) is 16.1 Å². The predicted octanol–water partition coefficient (Wildman–Crippen LogP) is 2.26. The van der Waals surface area contributed by atoms with Crippen molar-refractivity contribution in [1.82, 2.24) is 9.78 Å². The summed E-state index contributed by atoms with van der Waals surface area (Å²) < 4.78 is 1.83. The van der Waals surface area contributed by atoms with Gasteiger partial charge in [-0.1, -0.05) is 23.4 Å². The van der Waals surface area contributed by atoms with Crippen molar-refractivity contribution in [2.24, 2.45) is 5.73 Å². The summed E-state index contributed by atoms with van der Waals surface area (Å²) in [5.41, 5.74) is 7.23. The fraction of sp³-hybridized carbons (Fsp3) is 0.250. The van der Waals surface area contributed by atoms with Gasteiger partial charge in [0.2, 0.25) is 0 Å². The minimum absolute atomic E-state index is 0.377. The maximum Gasteiger partial charge on any atom is 0.0815 e. The fourth-order valence-corrected chi connectivity index (χ4v) is 2.41. The topological polar surface area (TPSA) is 43.8 Å². The van der Waals surface area contributed by atoms with Crippen LogP contribution in [-0.4, -0.2) is 16.3 Å². The minimum atomic E-state index is 0.377. The summed E-state index contributed by atoms with van der Waals surface area (Å²) in [6.45, 7) is 2.96. The van der Waals surface area contributed by atoms with Crippen molar-refractivity contribution >= 4 is 22.9 Å². The van der Waals surface area contributed by atoms with Crippen LogP contribution in [0.15, 0.2) is 17.6 Å². The molecule has 2 aromatic rings. The second kappa shape index (κ2) is 5.37. The van der Waals surface area contributed by atoms with Gasteiger partial charge in [-0.25, -0.2) is 0 Å². The fourth-order valence-electron chi connectivity index (χ4n) is 1.44. The number of aromatic nitrogens is 2. The number of nitrogens with zero attached hydrogens (tertiary/aromatic N) is 2. The van der Waals surface area contributed by atoms with Crippen molar-refractivity contribution in [2.45, 2.75) is 13.5 Å². The highest BCUT2D eigenvalue weighted by atomic mass is 35.5. The molecular weight excluding hydrogens is 254 g/mol. The van der Waals surface area contributed by atoms with Gasteiger partial charge in [0.05, 0.1) is 23.8 Å². The Kier molecular flexibility index (Phi) is 3.85. The van der Waals surface area contributed by atoms with E-state index in [4.69, 9.17) is 17.3 Å². The van der Waals surface area contributed by atoms with E-state index in [9.17, 15) is 0 Å². The summed E-state index contributed by atoms with van der Waals surface area (Å²) >= 11 is 7.63. The Bertz CT molecular complexity index is 555. The molecule has 0 radical (unpaired) electrons. The monoisotopic (exact) mass is 265 g/mol. The zero-order valence-electron chi connectivity index (χ0n) is 9.40. The van der Waals surface area contributed by atoms with E-state index < -0.39 is 0 Å². The van der Waals surface area contributed by atoms with Crippen LogP contribution in [0.25, 0.3) is 0 Å². The summed E-state index contributed by atoms with van der Waals surface area (Å²) in [6, 6.07) is 2.00. The van der Waals surface area contributed by atoms with Crippen LogP contribution < -0.4 is 5.73 Å². The molecular formula is C12H12ClN3S. The zero-order chi connectivity index (χ0) is 12.3. The smallest absolute Gasteiger partial charge is 0.0815 e. The number of halogens is 1. The Balaban J connectivity index is 2.21. The Hall–Kier alpha value is -1.28. The van der Waals surface area contributed by atoms with E-state index in [2.05, 4.69) is 16.9 Å². The molecule has 0 saturated heterocycles. The molecule has 2 rings (SSSR count). The molecule has 2 N–H and O–H groups in total. The second-order valence-corrected chi connectivity index (χ2v) is 4.93. The van der Waals surface area contributed by atoms with Gasteiger partial charge in [-0.05, 0) is 18.4 Å². The van der Waals surface area contributed by atoms with E-state index in [-0.39, 0.29) is 0 Å². The quantitative estimate of drug-likeness (QED) is 0.847. The van der Waals surface area contributed by atoms with Gasteiger partial charge in [-0.2, -0.15) is 5.10 Å². The van der Waals surface area contributed by atoms with Gasteiger partial charge in [-0.15, -0.1) is 11.3 Å². The molecule has 88 valence electrons. The minimum Gasteiger partial charge on any atom is -0.320 e. The van der Waals surface area contributed by atoms with Crippen molar-refractivity contribution in [2.75, 3.05) is 6.54 Å². The number of nitrogens with two attached hydrogens (primary N) is 1. The van der Waals surface area contributed by atoms with Crippen LogP contribution in [0.4, 0.5) is 0 Å². The van der Waals surface area contributed by atoms with Gasteiger partial charge < -0.3 is 5.73 Å². The van der Waals surface area contributed by atoms with Crippen LogP contribution >= 0.6 is 22.9 Å². The highest BCUT2D eigenvalue weighted by Crippen LogP contribution is 2.19. The molecule has 0 amide bonds. The lowest BCUT2D eigenvalue weighted by Gasteiger charge is -1.99.